The van der Waals surface area contributed by atoms with Gasteiger partial charge in [-0.3, -0.25) is 4.79 Å². The quantitative estimate of drug-likeness (QED) is 0.871. The van der Waals surface area contributed by atoms with E-state index in [0.29, 0.717) is 12.1 Å². The summed E-state index contributed by atoms with van der Waals surface area (Å²) in [4.78, 5) is 13.0. The molecule has 0 saturated carbocycles. The van der Waals surface area contributed by atoms with Crippen molar-refractivity contribution in [1.29, 1.82) is 0 Å². The van der Waals surface area contributed by atoms with Crippen LogP contribution in [-0.4, -0.2) is 17.6 Å². The van der Waals surface area contributed by atoms with E-state index in [4.69, 9.17) is 0 Å². The zero-order valence-electron chi connectivity index (χ0n) is 9.22. The van der Waals surface area contributed by atoms with E-state index in [1.54, 1.807) is 29.5 Å². The molecule has 2 aromatic rings. The predicted molar refractivity (Wildman–Crippen MR) is 68.5 cm³/mol. The van der Waals surface area contributed by atoms with Gasteiger partial charge in [0.25, 0.3) is 5.91 Å². The molecule has 2 rings (SSSR count). The van der Waals surface area contributed by atoms with Crippen molar-refractivity contribution in [2.24, 2.45) is 0 Å². The fourth-order valence-corrected chi connectivity index (χ4v) is 2.21. The molecule has 0 unspecified atom stereocenters. The molecular weight excluding hydrogens is 234 g/mol. The van der Waals surface area contributed by atoms with E-state index in [1.165, 1.54) is 10.9 Å². The second kappa shape index (κ2) is 5.50. The SMILES string of the molecule is O=C(NCCc1cccs1)c1cccc(O)c1. The van der Waals surface area contributed by atoms with Crippen LogP contribution in [0.25, 0.3) is 0 Å². The molecule has 17 heavy (non-hydrogen) atoms. The smallest absolute Gasteiger partial charge is 0.251 e. The molecule has 0 bridgehead atoms. The predicted octanol–water partition coefficient (Wildman–Crippen LogP) is 2.43. The zero-order valence-corrected chi connectivity index (χ0v) is 10.0. The van der Waals surface area contributed by atoms with Crippen LogP contribution < -0.4 is 5.32 Å². The number of phenolic OH excluding ortho intramolecular Hbond substituents is 1. The third-order valence-electron chi connectivity index (χ3n) is 2.35. The molecular formula is C13H13NO2S. The summed E-state index contributed by atoms with van der Waals surface area (Å²) in [5.41, 5.74) is 0.483. The summed E-state index contributed by atoms with van der Waals surface area (Å²) in [6.07, 6.45) is 0.836. The minimum Gasteiger partial charge on any atom is -0.508 e. The highest BCUT2D eigenvalue weighted by Crippen LogP contribution is 2.11. The Labute approximate surface area is 104 Å². The fraction of sp³-hybridized carbons (Fsp3) is 0.154. The molecule has 1 aromatic carbocycles. The van der Waals surface area contributed by atoms with Gasteiger partial charge in [0.15, 0.2) is 0 Å². The minimum absolute atomic E-state index is 0.107. The summed E-state index contributed by atoms with van der Waals surface area (Å²) in [5.74, 6) is -0.0478. The second-order valence-corrected chi connectivity index (χ2v) is 4.67. The summed E-state index contributed by atoms with van der Waals surface area (Å²) in [6, 6.07) is 10.4. The van der Waals surface area contributed by atoms with E-state index in [0.717, 1.165) is 6.42 Å². The van der Waals surface area contributed by atoms with Crippen LogP contribution in [0.5, 0.6) is 5.75 Å². The van der Waals surface area contributed by atoms with Gasteiger partial charge in [0.05, 0.1) is 0 Å². The number of aromatic hydroxyl groups is 1. The van der Waals surface area contributed by atoms with E-state index >= 15 is 0 Å². The fourth-order valence-electron chi connectivity index (χ4n) is 1.50. The van der Waals surface area contributed by atoms with E-state index in [2.05, 4.69) is 5.32 Å². The van der Waals surface area contributed by atoms with Crippen molar-refractivity contribution in [3.05, 3.63) is 52.2 Å². The maximum atomic E-state index is 11.7. The molecule has 0 aliphatic rings. The summed E-state index contributed by atoms with van der Waals surface area (Å²) in [6.45, 7) is 0.606. The highest BCUT2D eigenvalue weighted by atomic mass is 32.1. The molecule has 1 aromatic heterocycles. The molecule has 4 heteroatoms. The maximum Gasteiger partial charge on any atom is 0.251 e. The van der Waals surface area contributed by atoms with Gasteiger partial charge in [-0.1, -0.05) is 12.1 Å². The molecule has 88 valence electrons. The van der Waals surface area contributed by atoms with Crippen LogP contribution in [0.4, 0.5) is 0 Å². The van der Waals surface area contributed by atoms with Gasteiger partial charge in [0, 0.05) is 17.0 Å². The number of phenols is 1. The first kappa shape index (κ1) is 11.7. The Morgan fingerprint density at radius 1 is 1.29 bits per heavy atom. The molecule has 0 aliphatic carbocycles. The van der Waals surface area contributed by atoms with Gasteiger partial charge in [0.2, 0.25) is 0 Å². The number of hydrogen-bond donors (Lipinski definition) is 2. The number of carbonyl (C=O) groups is 1. The van der Waals surface area contributed by atoms with Gasteiger partial charge in [-0.05, 0) is 36.1 Å². The molecule has 2 N–H and O–H groups in total. The Kier molecular flexibility index (Phi) is 3.77. The van der Waals surface area contributed by atoms with Gasteiger partial charge in [-0.15, -0.1) is 11.3 Å². The van der Waals surface area contributed by atoms with Crippen molar-refractivity contribution in [3.8, 4) is 5.75 Å². The average Bonchev–Trinajstić information content (AvgIpc) is 2.82. The lowest BCUT2D eigenvalue weighted by Crippen LogP contribution is -2.25. The number of benzene rings is 1. The Bertz CT molecular complexity index is 494. The number of nitrogens with one attached hydrogen (secondary N) is 1. The van der Waals surface area contributed by atoms with Gasteiger partial charge in [0.1, 0.15) is 5.75 Å². The van der Waals surface area contributed by atoms with Crippen molar-refractivity contribution in [3.63, 3.8) is 0 Å². The Morgan fingerprint density at radius 2 is 2.18 bits per heavy atom. The van der Waals surface area contributed by atoms with Crippen molar-refractivity contribution >= 4 is 17.2 Å². The molecule has 0 fully saturated rings. The Hall–Kier alpha value is -1.81. The van der Waals surface area contributed by atoms with Crippen LogP contribution in [0.2, 0.25) is 0 Å². The van der Waals surface area contributed by atoms with Crippen LogP contribution >= 0.6 is 11.3 Å². The zero-order chi connectivity index (χ0) is 12.1. The monoisotopic (exact) mass is 247 g/mol. The number of rotatable bonds is 4. The topological polar surface area (TPSA) is 49.3 Å². The second-order valence-electron chi connectivity index (χ2n) is 3.64. The van der Waals surface area contributed by atoms with Crippen molar-refractivity contribution in [2.75, 3.05) is 6.54 Å². The Morgan fingerprint density at radius 3 is 2.88 bits per heavy atom. The van der Waals surface area contributed by atoms with Gasteiger partial charge >= 0.3 is 0 Å². The van der Waals surface area contributed by atoms with Crippen molar-refractivity contribution in [1.82, 2.24) is 5.32 Å². The molecule has 1 amide bonds. The van der Waals surface area contributed by atoms with Gasteiger partial charge in [-0.25, -0.2) is 0 Å². The molecule has 0 radical (unpaired) electrons. The lowest BCUT2D eigenvalue weighted by atomic mass is 10.2. The van der Waals surface area contributed by atoms with Crippen LogP contribution in [0.15, 0.2) is 41.8 Å². The van der Waals surface area contributed by atoms with Gasteiger partial charge < -0.3 is 10.4 Å². The number of carbonyl (C=O) groups excluding carboxylic acids is 1. The average molecular weight is 247 g/mol. The maximum absolute atomic E-state index is 11.7. The number of amides is 1. The summed E-state index contributed by atoms with van der Waals surface area (Å²) >= 11 is 1.68. The molecule has 3 nitrogen and oxygen atoms in total. The van der Waals surface area contributed by atoms with E-state index < -0.39 is 0 Å². The minimum atomic E-state index is -0.155. The summed E-state index contributed by atoms with van der Waals surface area (Å²) in [7, 11) is 0. The first-order valence-corrected chi connectivity index (χ1v) is 6.23. The largest absolute Gasteiger partial charge is 0.508 e. The third-order valence-corrected chi connectivity index (χ3v) is 3.28. The highest BCUT2D eigenvalue weighted by Gasteiger charge is 2.05. The molecule has 0 saturated heterocycles. The normalized spacial score (nSPS) is 10.1. The van der Waals surface area contributed by atoms with E-state index in [9.17, 15) is 9.90 Å². The van der Waals surface area contributed by atoms with Crippen molar-refractivity contribution in [2.45, 2.75) is 6.42 Å². The van der Waals surface area contributed by atoms with E-state index in [1.807, 2.05) is 17.5 Å². The lowest BCUT2D eigenvalue weighted by Gasteiger charge is -2.04. The summed E-state index contributed by atoms with van der Waals surface area (Å²) in [5, 5.41) is 14.1. The molecule has 0 aliphatic heterocycles. The standard InChI is InChI=1S/C13H13NO2S/c15-11-4-1-3-10(9-11)13(16)14-7-6-12-5-2-8-17-12/h1-5,8-9,15H,6-7H2,(H,14,16). The van der Waals surface area contributed by atoms with Crippen LogP contribution in [0.1, 0.15) is 15.2 Å². The molecule has 0 spiro atoms. The van der Waals surface area contributed by atoms with Gasteiger partial charge in [-0.2, -0.15) is 0 Å². The molecule has 0 atom stereocenters. The first-order valence-electron chi connectivity index (χ1n) is 5.35. The molecule has 1 heterocycles. The summed E-state index contributed by atoms with van der Waals surface area (Å²) < 4.78 is 0. The van der Waals surface area contributed by atoms with Crippen LogP contribution in [-0.2, 0) is 6.42 Å². The third kappa shape index (κ3) is 3.32. The van der Waals surface area contributed by atoms with Crippen LogP contribution in [0, 0.1) is 0 Å². The highest BCUT2D eigenvalue weighted by molar-refractivity contribution is 7.09. The van der Waals surface area contributed by atoms with Crippen molar-refractivity contribution < 1.29 is 9.90 Å². The first-order chi connectivity index (χ1) is 8.25. The Balaban J connectivity index is 1.85. The number of hydrogen-bond acceptors (Lipinski definition) is 3. The lowest BCUT2D eigenvalue weighted by molar-refractivity contribution is 0.0954. The van der Waals surface area contributed by atoms with E-state index in [-0.39, 0.29) is 11.7 Å². The van der Waals surface area contributed by atoms with Crippen LogP contribution in [0.3, 0.4) is 0 Å². The number of thiophene rings is 1.